The average Bonchev–Trinajstić information content (AvgIpc) is 3.20. The van der Waals surface area contributed by atoms with Crippen LogP contribution in [0.5, 0.6) is 5.75 Å². The topological polar surface area (TPSA) is 87.6 Å². The molecule has 0 radical (unpaired) electrons. The molecule has 0 fully saturated rings. The molecule has 7 nitrogen and oxygen atoms in total. The molecule has 30 heavy (non-hydrogen) atoms. The normalized spacial score (nSPS) is 11.8. The van der Waals surface area contributed by atoms with Gasteiger partial charge in [-0.05, 0) is 25.1 Å². The van der Waals surface area contributed by atoms with Gasteiger partial charge in [0.25, 0.3) is 5.91 Å². The molecule has 1 aromatic carbocycles. The second-order valence-corrected chi connectivity index (χ2v) is 6.99. The van der Waals surface area contributed by atoms with E-state index in [0.29, 0.717) is 48.3 Å². The second-order valence-electron chi connectivity index (χ2n) is 6.05. The largest absolute Gasteiger partial charge is 0.497 e. The Labute approximate surface area is 176 Å². The monoisotopic (exact) mass is 443 g/mol. The zero-order valence-electron chi connectivity index (χ0n) is 16.7. The molecule has 1 aromatic heterocycles. The van der Waals surface area contributed by atoms with Gasteiger partial charge in [0.2, 0.25) is 0 Å². The fourth-order valence-electron chi connectivity index (χ4n) is 2.38. The minimum atomic E-state index is -4.43. The number of amides is 1. The maximum absolute atomic E-state index is 12.6. The number of hydrogen-bond acceptors (Lipinski definition) is 5. The van der Waals surface area contributed by atoms with E-state index in [4.69, 9.17) is 4.74 Å². The molecule has 0 aliphatic carbocycles. The van der Waals surface area contributed by atoms with Crippen LogP contribution >= 0.6 is 11.3 Å². The molecule has 11 heteroatoms. The molecule has 164 valence electrons. The van der Waals surface area contributed by atoms with Gasteiger partial charge in [0, 0.05) is 43.5 Å². The van der Waals surface area contributed by atoms with E-state index in [9.17, 15) is 18.0 Å². The molecule has 0 aliphatic rings. The Morgan fingerprint density at radius 1 is 1.23 bits per heavy atom. The Hall–Kier alpha value is -2.82. The molecule has 2 rings (SSSR count). The summed E-state index contributed by atoms with van der Waals surface area (Å²) in [7, 11) is 1.53. The van der Waals surface area contributed by atoms with Gasteiger partial charge in [-0.1, -0.05) is 6.07 Å². The van der Waals surface area contributed by atoms with Gasteiger partial charge in [-0.2, -0.15) is 13.2 Å². The van der Waals surface area contributed by atoms with Crippen LogP contribution in [0.25, 0.3) is 0 Å². The van der Waals surface area contributed by atoms with Crippen LogP contribution in [0.15, 0.2) is 34.6 Å². The number of carbonyl (C=O) groups is 1. The highest BCUT2D eigenvalue weighted by Gasteiger charge is 2.33. The van der Waals surface area contributed by atoms with Crippen molar-refractivity contribution in [3.05, 3.63) is 45.9 Å². The Balaban J connectivity index is 1.77. The van der Waals surface area contributed by atoms with E-state index in [1.165, 1.54) is 7.11 Å². The third-order valence-corrected chi connectivity index (χ3v) is 4.73. The number of aliphatic imine (C=N–C) groups is 1. The number of rotatable bonds is 9. The molecule has 0 spiro atoms. The lowest BCUT2D eigenvalue weighted by Gasteiger charge is -2.12. The molecule has 0 atom stereocenters. The third-order valence-electron chi connectivity index (χ3n) is 3.82. The minimum Gasteiger partial charge on any atom is -0.497 e. The van der Waals surface area contributed by atoms with E-state index < -0.39 is 11.9 Å². The maximum Gasteiger partial charge on any atom is 0.434 e. The molecule has 0 unspecified atom stereocenters. The van der Waals surface area contributed by atoms with Crippen LogP contribution in [-0.2, 0) is 12.6 Å². The second kappa shape index (κ2) is 11.4. The van der Waals surface area contributed by atoms with Crippen molar-refractivity contribution in [2.45, 2.75) is 19.5 Å². The fraction of sp³-hybridized carbons (Fsp3) is 0.421. The standard InChI is InChI=1S/C19H24F3N5O2S/c1-3-23-18(25-8-7-16-27-15(12-30-16)19(20,21)22)26-10-9-24-17(28)13-5-4-6-14(11-13)29-2/h4-6,11-12H,3,7-10H2,1-2H3,(H,24,28)(H2,23,25,26). The molecular formula is C19H24F3N5O2S. The van der Waals surface area contributed by atoms with Crippen LogP contribution in [0.3, 0.4) is 0 Å². The Morgan fingerprint density at radius 3 is 2.67 bits per heavy atom. The van der Waals surface area contributed by atoms with E-state index in [-0.39, 0.29) is 12.5 Å². The van der Waals surface area contributed by atoms with Gasteiger partial charge < -0.3 is 20.7 Å². The number of carbonyl (C=O) groups excluding carboxylic acids is 1. The summed E-state index contributed by atoms with van der Waals surface area (Å²) in [6.07, 6.45) is -4.12. The SMILES string of the molecule is CCNC(=NCCc1nc(C(F)(F)F)cs1)NCCNC(=O)c1cccc(OC)c1. The van der Waals surface area contributed by atoms with Crippen LogP contribution in [0.2, 0.25) is 0 Å². The third kappa shape index (κ3) is 7.54. The molecular weight excluding hydrogens is 419 g/mol. The van der Waals surface area contributed by atoms with Crippen molar-refractivity contribution in [1.29, 1.82) is 0 Å². The summed E-state index contributed by atoms with van der Waals surface area (Å²) in [6, 6.07) is 6.84. The number of hydrogen-bond donors (Lipinski definition) is 3. The number of halogens is 3. The van der Waals surface area contributed by atoms with Crippen LogP contribution in [-0.4, -0.2) is 50.1 Å². The van der Waals surface area contributed by atoms with Gasteiger partial charge in [0.05, 0.1) is 12.1 Å². The predicted octanol–water partition coefficient (Wildman–Crippen LogP) is 2.70. The van der Waals surface area contributed by atoms with E-state index in [0.717, 1.165) is 16.7 Å². The van der Waals surface area contributed by atoms with Gasteiger partial charge >= 0.3 is 6.18 Å². The quantitative estimate of drug-likeness (QED) is 0.315. The van der Waals surface area contributed by atoms with E-state index in [1.54, 1.807) is 24.3 Å². The number of guanidine groups is 1. The van der Waals surface area contributed by atoms with Crippen LogP contribution in [0.1, 0.15) is 28.0 Å². The van der Waals surface area contributed by atoms with E-state index >= 15 is 0 Å². The van der Waals surface area contributed by atoms with Gasteiger partial charge in [-0.25, -0.2) is 4.98 Å². The molecule has 1 heterocycles. The van der Waals surface area contributed by atoms with Crippen molar-refractivity contribution in [1.82, 2.24) is 20.9 Å². The molecule has 0 saturated heterocycles. The lowest BCUT2D eigenvalue weighted by Crippen LogP contribution is -2.41. The first kappa shape index (κ1) is 23.5. The van der Waals surface area contributed by atoms with Gasteiger partial charge in [0.15, 0.2) is 11.7 Å². The summed E-state index contributed by atoms with van der Waals surface area (Å²) in [5.41, 5.74) is -0.375. The lowest BCUT2D eigenvalue weighted by atomic mass is 10.2. The highest BCUT2D eigenvalue weighted by molar-refractivity contribution is 7.09. The summed E-state index contributed by atoms with van der Waals surface area (Å²) >= 11 is 0.969. The maximum atomic E-state index is 12.6. The Bertz CT molecular complexity index is 855. The number of methoxy groups -OCH3 is 1. The predicted molar refractivity (Wildman–Crippen MR) is 110 cm³/mol. The summed E-state index contributed by atoms with van der Waals surface area (Å²) in [5, 5.41) is 10.3. The molecule has 1 amide bonds. The van der Waals surface area contributed by atoms with Crippen LogP contribution in [0, 0.1) is 0 Å². The molecule has 0 bridgehead atoms. The lowest BCUT2D eigenvalue weighted by molar-refractivity contribution is -0.140. The number of nitrogens with zero attached hydrogens (tertiary/aromatic N) is 2. The van der Waals surface area contributed by atoms with Crippen molar-refractivity contribution in [3.63, 3.8) is 0 Å². The number of benzene rings is 1. The molecule has 0 aliphatic heterocycles. The first-order valence-corrected chi connectivity index (χ1v) is 10.2. The zero-order chi connectivity index (χ0) is 22.0. The van der Waals surface area contributed by atoms with E-state index in [1.807, 2.05) is 6.92 Å². The van der Waals surface area contributed by atoms with Gasteiger partial charge in [-0.3, -0.25) is 9.79 Å². The fourth-order valence-corrected chi connectivity index (χ4v) is 3.18. The molecule has 3 N–H and O–H groups in total. The smallest absolute Gasteiger partial charge is 0.434 e. The first-order valence-electron chi connectivity index (χ1n) is 9.29. The van der Waals surface area contributed by atoms with Gasteiger partial charge in [0.1, 0.15) is 5.75 Å². The van der Waals surface area contributed by atoms with Crippen molar-refractivity contribution in [3.8, 4) is 5.75 Å². The number of alkyl halides is 3. The Kier molecular flexibility index (Phi) is 8.90. The van der Waals surface area contributed by atoms with Crippen molar-refractivity contribution < 1.29 is 22.7 Å². The van der Waals surface area contributed by atoms with Gasteiger partial charge in [-0.15, -0.1) is 11.3 Å². The van der Waals surface area contributed by atoms with Crippen LogP contribution in [0.4, 0.5) is 13.2 Å². The van der Waals surface area contributed by atoms with Crippen molar-refractivity contribution >= 4 is 23.2 Å². The van der Waals surface area contributed by atoms with Crippen molar-refractivity contribution in [2.24, 2.45) is 4.99 Å². The minimum absolute atomic E-state index is 0.220. The number of nitrogens with one attached hydrogen (secondary N) is 3. The summed E-state index contributed by atoms with van der Waals surface area (Å²) in [4.78, 5) is 20.1. The summed E-state index contributed by atoms with van der Waals surface area (Å²) in [5.74, 6) is 0.896. The van der Waals surface area contributed by atoms with E-state index in [2.05, 4.69) is 25.9 Å². The van der Waals surface area contributed by atoms with Crippen molar-refractivity contribution in [2.75, 3.05) is 33.3 Å². The zero-order valence-corrected chi connectivity index (χ0v) is 17.5. The average molecular weight is 443 g/mol. The number of aromatic nitrogens is 1. The summed E-state index contributed by atoms with van der Waals surface area (Å²) < 4.78 is 42.9. The molecule has 2 aromatic rings. The number of ether oxygens (including phenoxy) is 1. The number of thiazole rings is 1. The highest BCUT2D eigenvalue weighted by Crippen LogP contribution is 2.30. The Morgan fingerprint density at radius 2 is 2.00 bits per heavy atom. The summed E-state index contributed by atoms with van der Waals surface area (Å²) in [6.45, 7) is 3.60. The first-order chi connectivity index (χ1) is 14.3. The molecule has 0 saturated carbocycles. The van der Waals surface area contributed by atoms with Crippen LogP contribution < -0.4 is 20.7 Å². The highest BCUT2D eigenvalue weighted by atomic mass is 32.1.